The first-order chi connectivity index (χ1) is 12.4. The molecule has 3 rings (SSSR count). The third kappa shape index (κ3) is 4.37. The Morgan fingerprint density at radius 2 is 2.04 bits per heavy atom. The van der Waals surface area contributed by atoms with Gasteiger partial charge in [-0.3, -0.25) is 4.79 Å². The van der Waals surface area contributed by atoms with Crippen LogP contribution in [0.15, 0.2) is 36.4 Å². The fourth-order valence-electron chi connectivity index (χ4n) is 2.93. The molecule has 0 aliphatic carbocycles. The third-order valence-corrected chi connectivity index (χ3v) is 5.49. The third-order valence-electron chi connectivity index (χ3n) is 4.27. The Bertz CT molecular complexity index is 859. The van der Waals surface area contributed by atoms with Crippen LogP contribution in [-0.4, -0.2) is 34.2 Å². The Morgan fingerprint density at radius 1 is 1.23 bits per heavy atom. The van der Waals surface area contributed by atoms with Gasteiger partial charge in [0.1, 0.15) is 5.82 Å². The average molecular weight is 394 g/mol. The molecular formula is C19H17ClFNO3S. The van der Waals surface area contributed by atoms with E-state index in [2.05, 4.69) is 0 Å². The Kier molecular flexibility index (Phi) is 5.84. The highest BCUT2D eigenvalue weighted by Gasteiger charge is 2.23. The minimum Gasteiger partial charge on any atom is -0.478 e. The quantitative estimate of drug-likeness (QED) is 0.834. The van der Waals surface area contributed by atoms with Crippen LogP contribution in [0.2, 0.25) is 5.02 Å². The predicted octanol–water partition coefficient (Wildman–Crippen LogP) is 4.00. The number of nitrogens with zero attached hydrogens (tertiary/aromatic N) is 1. The van der Waals surface area contributed by atoms with E-state index < -0.39 is 11.8 Å². The summed E-state index contributed by atoms with van der Waals surface area (Å²) in [6.07, 6.45) is 0.528. The predicted molar refractivity (Wildman–Crippen MR) is 100 cm³/mol. The molecule has 1 N–H and O–H groups in total. The number of carbonyl (C=O) groups is 2. The fourth-order valence-corrected chi connectivity index (χ4v) is 4.02. The molecule has 1 aliphatic rings. The summed E-state index contributed by atoms with van der Waals surface area (Å²) in [5, 5.41) is 9.67. The van der Waals surface area contributed by atoms with Gasteiger partial charge in [0.2, 0.25) is 5.91 Å². The zero-order valence-electron chi connectivity index (χ0n) is 13.9. The van der Waals surface area contributed by atoms with Crippen LogP contribution in [0.25, 0.3) is 0 Å². The maximum Gasteiger partial charge on any atom is 0.338 e. The number of carbonyl (C=O) groups excluding carboxylic acids is 1. The van der Waals surface area contributed by atoms with Gasteiger partial charge in [-0.2, -0.15) is 0 Å². The number of thioether (sulfide) groups is 1. The molecule has 1 heterocycles. The largest absolute Gasteiger partial charge is 0.478 e. The summed E-state index contributed by atoms with van der Waals surface area (Å²) in [6, 6.07) is 10.1. The average Bonchev–Trinajstić information content (AvgIpc) is 2.60. The lowest BCUT2D eigenvalue weighted by molar-refractivity contribution is -0.129. The van der Waals surface area contributed by atoms with Crippen molar-refractivity contribution in [2.75, 3.05) is 12.3 Å². The molecule has 26 heavy (non-hydrogen) atoms. The smallest absolute Gasteiger partial charge is 0.338 e. The van der Waals surface area contributed by atoms with Gasteiger partial charge in [-0.05, 0) is 47.4 Å². The van der Waals surface area contributed by atoms with Gasteiger partial charge in [-0.25, -0.2) is 9.18 Å². The number of halogens is 2. The Labute approximate surface area is 160 Å². The first-order valence-corrected chi connectivity index (χ1v) is 9.62. The van der Waals surface area contributed by atoms with Crippen LogP contribution in [0.3, 0.4) is 0 Å². The van der Waals surface area contributed by atoms with Crippen LogP contribution >= 0.6 is 23.4 Å². The second kappa shape index (κ2) is 8.10. The Hall–Kier alpha value is -2.05. The Balaban J connectivity index is 1.58. The molecule has 0 saturated carbocycles. The normalized spacial score (nSPS) is 13.4. The number of amides is 1. The summed E-state index contributed by atoms with van der Waals surface area (Å²) in [5.41, 5.74) is 2.20. The van der Waals surface area contributed by atoms with Gasteiger partial charge in [0.15, 0.2) is 0 Å². The Morgan fingerprint density at radius 3 is 2.77 bits per heavy atom. The van der Waals surface area contributed by atoms with E-state index in [9.17, 15) is 14.0 Å². The highest BCUT2D eigenvalue weighted by molar-refractivity contribution is 7.99. The number of rotatable bonds is 5. The summed E-state index contributed by atoms with van der Waals surface area (Å²) in [5.74, 6) is -1.03. The molecule has 2 aromatic carbocycles. The minimum absolute atomic E-state index is 0.00889. The molecule has 0 atom stereocenters. The summed E-state index contributed by atoms with van der Waals surface area (Å²) in [7, 11) is 0. The highest BCUT2D eigenvalue weighted by atomic mass is 35.5. The molecule has 0 fully saturated rings. The van der Waals surface area contributed by atoms with Gasteiger partial charge in [0.25, 0.3) is 0 Å². The number of carboxylic acid groups (broad SMARTS) is 1. The number of aromatic carboxylic acids is 1. The van der Waals surface area contributed by atoms with Gasteiger partial charge in [-0.15, -0.1) is 11.8 Å². The van der Waals surface area contributed by atoms with Crippen molar-refractivity contribution in [3.05, 3.63) is 69.5 Å². The van der Waals surface area contributed by atoms with Crippen LogP contribution < -0.4 is 0 Å². The van der Waals surface area contributed by atoms with E-state index in [-0.39, 0.29) is 11.5 Å². The maximum absolute atomic E-state index is 13.9. The van der Waals surface area contributed by atoms with Crippen molar-refractivity contribution in [1.82, 2.24) is 4.90 Å². The lowest BCUT2D eigenvalue weighted by Crippen LogP contribution is -2.37. The van der Waals surface area contributed by atoms with Crippen molar-refractivity contribution < 1.29 is 19.1 Å². The molecular weight excluding hydrogens is 377 g/mol. The van der Waals surface area contributed by atoms with Crippen LogP contribution in [0.5, 0.6) is 0 Å². The molecule has 2 aromatic rings. The van der Waals surface area contributed by atoms with Gasteiger partial charge in [-0.1, -0.05) is 23.7 Å². The summed E-state index contributed by atoms with van der Waals surface area (Å²) < 4.78 is 13.9. The fraction of sp³-hybridized carbons (Fsp3) is 0.263. The van der Waals surface area contributed by atoms with Crippen molar-refractivity contribution in [2.45, 2.75) is 18.7 Å². The molecule has 1 aliphatic heterocycles. The van der Waals surface area contributed by atoms with E-state index in [0.29, 0.717) is 41.6 Å². The second-order valence-corrected chi connectivity index (χ2v) is 7.52. The number of hydrogen-bond acceptors (Lipinski definition) is 3. The summed E-state index contributed by atoms with van der Waals surface area (Å²) >= 11 is 7.45. The van der Waals surface area contributed by atoms with Crippen molar-refractivity contribution in [1.29, 1.82) is 0 Å². The SMILES string of the molecule is O=C(O)c1cc2c(cc1F)CN(C(=O)CSCc1cccc(Cl)c1)CC2. The monoisotopic (exact) mass is 393 g/mol. The van der Waals surface area contributed by atoms with Crippen molar-refractivity contribution in [3.63, 3.8) is 0 Å². The van der Waals surface area contributed by atoms with Gasteiger partial charge in [0.05, 0.1) is 11.3 Å². The minimum atomic E-state index is -1.28. The first kappa shape index (κ1) is 18.7. The number of benzene rings is 2. The van der Waals surface area contributed by atoms with Gasteiger partial charge >= 0.3 is 5.97 Å². The zero-order valence-corrected chi connectivity index (χ0v) is 15.4. The van der Waals surface area contributed by atoms with E-state index in [4.69, 9.17) is 16.7 Å². The number of fused-ring (bicyclic) bond motifs is 1. The molecule has 7 heteroatoms. The lowest BCUT2D eigenvalue weighted by Gasteiger charge is -2.29. The van der Waals surface area contributed by atoms with Crippen molar-refractivity contribution in [2.24, 2.45) is 0 Å². The number of carboxylic acids is 1. The van der Waals surface area contributed by atoms with Crippen LogP contribution in [0.4, 0.5) is 4.39 Å². The second-order valence-electron chi connectivity index (χ2n) is 6.09. The van der Waals surface area contributed by atoms with Crippen LogP contribution in [0.1, 0.15) is 27.0 Å². The molecule has 136 valence electrons. The molecule has 0 saturated heterocycles. The summed E-state index contributed by atoms with van der Waals surface area (Å²) in [4.78, 5) is 25.1. The molecule has 0 radical (unpaired) electrons. The summed E-state index contributed by atoms with van der Waals surface area (Å²) in [6.45, 7) is 0.816. The maximum atomic E-state index is 13.9. The van der Waals surface area contributed by atoms with E-state index in [0.717, 1.165) is 11.1 Å². The van der Waals surface area contributed by atoms with Crippen LogP contribution in [0, 0.1) is 5.82 Å². The van der Waals surface area contributed by atoms with E-state index in [1.165, 1.54) is 23.9 Å². The highest BCUT2D eigenvalue weighted by Crippen LogP contribution is 2.24. The zero-order chi connectivity index (χ0) is 18.7. The first-order valence-electron chi connectivity index (χ1n) is 8.08. The molecule has 1 amide bonds. The van der Waals surface area contributed by atoms with Crippen molar-refractivity contribution in [3.8, 4) is 0 Å². The molecule has 0 bridgehead atoms. The van der Waals surface area contributed by atoms with E-state index in [1.807, 2.05) is 18.2 Å². The molecule has 0 aromatic heterocycles. The van der Waals surface area contributed by atoms with E-state index in [1.54, 1.807) is 11.0 Å². The van der Waals surface area contributed by atoms with E-state index >= 15 is 0 Å². The van der Waals surface area contributed by atoms with Gasteiger partial charge in [0, 0.05) is 23.9 Å². The lowest BCUT2D eigenvalue weighted by atomic mass is 9.97. The topological polar surface area (TPSA) is 57.6 Å². The van der Waals surface area contributed by atoms with Gasteiger partial charge < -0.3 is 10.0 Å². The standard InChI is InChI=1S/C19H17ClFNO3S/c20-15-3-1-2-12(6-15)10-26-11-18(23)22-5-4-13-7-16(19(24)25)17(21)8-14(13)9-22/h1-3,6-8H,4-5,9-11H2,(H,24,25). The molecule has 4 nitrogen and oxygen atoms in total. The van der Waals surface area contributed by atoms with Crippen molar-refractivity contribution >= 4 is 35.2 Å². The molecule has 0 unspecified atom stereocenters. The number of hydrogen-bond donors (Lipinski definition) is 1. The molecule has 0 spiro atoms. The van der Waals surface area contributed by atoms with Crippen LogP contribution in [-0.2, 0) is 23.5 Å².